The van der Waals surface area contributed by atoms with Gasteiger partial charge in [0.15, 0.2) is 17.1 Å². The Morgan fingerprint density at radius 2 is 2.14 bits per heavy atom. The maximum atomic E-state index is 13.1. The second-order valence-electron chi connectivity index (χ2n) is 6.71. The van der Waals surface area contributed by atoms with E-state index in [9.17, 15) is 9.59 Å². The number of esters is 1. The molecule has 0 bridgehead atoms. The van der Waals surface area contributed by atoms with Crippen molar-refractivity contribution in [2.75, 3.05) is 0 Å². The lowest BCUT2D eigenvalue weighted by Crippen LogP contribution is -2.19. The minimum atomic E-state index is -0.719. The third-order valence-corrected chi connectivity index (χ3v) is 4.27. The minimum Gasteiger partial charge on any atom is -0.459 e. The molecule has 0 aromatic carbocycles. The van der Waals surface area contributed by atoms with Crippen LogP contribution >= 0.6 is 0 Å². The molecule has 0 atom stereocenters. The second kappa shape index (κ2) is 7.63. The number of hydrogen-bond acceptors (Lipinski definition) is 6. The molecule has 0 saturated carbocycles. The molecule has 0 spiro atoms. The first-order valence-electron chi connectivity index (χ1n) is 9.16. The van der Waals surface area contributed by atoms with Crippen LogP contribution in [0.3, 0.4) is 0 Å². The number of aromatic amines is 1. The summed E-state index contributed by atoms with van der Waals surface area (Å²) in [5.41, 5.74) is 1.78. The molecule has 0 unspecified atom stereocenters. The van der Waals surface area contributed by atoms with Crippen molar-refractivity contribution in [1.29, 1.82) is 0 Å². The fourth-order valence-electron chi connectivity index (χ4n) is 3.01. The Hall–Kier alpha value is -3.87. The first kappa shape index (κ1) is 18.5. The maximum Gasteiger partial charge on any atom is 0.346 e. The number of hydrogen-bond donors (Lipinski definition) is 2. The first-order chi connectivity index (χ1) is 14.0. The van der Waals surface area contributed by atoms with Gasteiger partial charge in [0.05, 0.1) is 11.8 Å². The molecule has 0 fully saturated rings. The zero-order chi connectivity index (χ0) is 20.4. The summed E-state index contributed by atoms with van der Waals surface area (Å²) in [6.45, 7) is 3.45. The summed E-state index contributed by atoms with van der Waals surface area (Å²) in [5, 5.41) is 3.86. The number of nitrogens with one attached hydrogen (secondary N) is 2. The van der Waals surface area contributed by atoms with Crippen LogP contribution in [0.25, 0.3) is 17.1 Å². The van der Waals surface area contributed by atoms with E-state index in [0.717, 1.165) is 10.9 Å². The van der Waals surface area contributed by atoms with Crippen molar-refractivity contribution in [3.8, 4) is 0 Å². The lowest BCUT2D eigenvalue weighted by atomic mass is 10.1. The normalized spacial score (nSPS) is 17.6. The van der Waals surface area contributed by atoms with E-state index in [-0.39, 0.29) is 23.2 Å². The number of H-pyrrole nitrogens is 1. The van der Waals surface area contributed by atoms with Crippen LogP contribution in [-0.2, 0) is 19.1 Å². The Morgan fingerprint density at radius 3 is 2.97 bits per heavy atom. The van der Waals surface area contributed by atoms with E-state index in [4.69, 9.17) is 9.47 Å². The van der Waals surface area contributed by atoms with Crippen molar-refractivity contribution in [3.05, 3.63) is 83.4 Å². The number of ether oxygens (including phenoxy) is 2. The number of Topliss-reactive ketones (excluding diaryl/α,β-unsaturated/α-hetero) is 1. The standard InChI is InChI=1S/C22H19N3O4/c1-13(2)28-22(27)18-19(26)17(29-20(18)16-8-4-3-5-9-23-16)11-14-12-25-21-15(14)7-6-10-24-21/h3-13,23H,1-2H3,(H,24,25)/b17-11-. The zero-order valence-corrected chi connectivity index (χ0v) is 15.9. The van der Waals surface area contributed by atoms with E-state index in [1.807, 2.05) is 18.2 Å². The molecule has 29 heavy (non-hydrogen) atoms. The number of rotatable bonds is 4. The summed E-state index contributed by atoms with van der Waals surface area (Å²) >= 11 is 0. The number of carbonyl (C=O) groups is 2. The predicted octanol–water partition coefficient (Wildman–Crippen LogP) is 3.27. The second-order valence-corrected chi connectivity index (χ2v) is 6.71. The van der Waals surface area contributed by atoms with E-state index in [1.165, 1.54) is 0 Å². The topological polar surface area (TPSA) is 93.3 Å². The van der Waals surface area contributed by atoms with E-state index in [2.05, 4.69) is 15.3 Å². The van der Waals surface area contributed by atoms with Crippen molar-refractivity contribution < 1.29 is 19.1 Å². The van der Waals surface area contributed by atoms with E-state index in [1.54, 1.807) is 56.7 Å². The number of carbonyl (C=O) groups excluding carboxylic acids is 2. The number of ketones is 1. The first-order valence-corrected chi connectivity index (χ1v) is 9.16. The van der Waals surface area contributed by atoms with Gasteiger partial charge in [-0.25, -0.2) is 9.78 Å². The largest absolute Gasteiger partial charge is 0.459 e. The highest BCUT2D eigenvalue weighted by atomic mass is 16.5. The van der Waals surface area contributed by atoms with Crippen LogP contribution < -0.4 is 5.32 Å². The van der Waals surface area contributed by atoms with Gasteiger partial charge < -0.3 is 19.8 Å². The van der Waals surface area contributed by atoms with Gasteiger partial charge in [-0.1, -0.05) is 12.2 Å². The zero-order valence-electron chi connectivity index (χ0n) is 15.9. The summed E-state index contributed by atoms with van der Waals surface area (Å²) < 4.78 is 11.1. The van der Waals surface area contributed by atoms with Crippen LogP contribution in [0.5, 0.6) is 0 Å². The van der Waals surface area contributed by atoms with Crippen molar-refractivity contribution >= 4 is 28.9 Å². The number of aromatic nitrogens is 2. The minimum absolute atomic E-state index is 0.0420. The highest BCUT2D eigenvalue weighted by Crippen LogP contribution is 2.32. The summed E-state index contributed by atoms with van der Waals surface area (Å²) in [4.78, 5) is 33.0. The summed E-state index contributed by atoms with van der Waals surface area (Å²) in [6.07, 6.45) is 13.5. The molecule has 0 saturated heterocycles. The molecule has 2 aromatic heterocycles. The molecule has 2 aliphatic heterocycles. The monoisotopic (exact) mass is 389 g/mol. The van der Waals surface area contributed by atoms with Crippen LogP contribution in [0, 0.1) is 0 Å². The molecule has 0 amide bonds. The van der Waals surface area contributed by atoms with E-state index in [0.29, 0.717) is 11.3 Å². The lowest BCUT2D eigenvalue weighted by Gasteiger charge is -2.10. The van der Waals surface area contributed by atoms with Crippen LogP contribution in [0.15, 0.2) is 77.8 Å². The van der Waals surface area contributed by atoms with Gasteiger partial charge in [-0.2, -0.15) is 0 Å². The molecule has 2 aliphatic rings. The van der Waals surface area contributed by atoms with Crippen LogP contribution in [-0.4, -0.2) is 27.8 Å². The Balaban J connectivity index is 1.76. The van der Waals surface area contributed by atoms with Gasteiger partial charge in [0.2, 0.25) is 5.78 Å². The van der Waals surface area contributed by atoms with Crippen LogP contribution in [0.2, 0.25) is 0 Å². The summed E-state index contributed by atoms with van der Waals surface area (Å²) in [6, 6.07) is 3.70. The molecule has 146 valence electrons. The van der Waals surface area contributed by atoms with Crippen molar-refractivity contribution in [3.63, 3.8) is 0 Å². The van der Waals surface area contributed by atoms with Gasteiger partial charge in [-0.3, -0.25) is 4.79 Å². The molecule has 7 nitrogen and oxygen atoms in total. The fourth-order valence-corrected chi connectivity index (χ4v) is 3.01. The summed E-state index contributed by atoms with van der Waals surface area (Å²) in [5.74, 6) is -1.06. The third-order valence-electron chi connectivity index (χ3n) is 4.27. The SMILES string of the molecule is CC(C)OC(=O)C1=C(C2=CC=CC=CN2)O/C(=C\c2c[nH]c3ncccc23)C1=O. The fraction of sp³-hybridized carbons (Fsp3) is 0.136. The van der Waals surface area contributed by atoms with Gasteiger partial charge in [-0.05, 0) is 44.2 Å². The third kappa shape index (κ3) is 3.62. The van der Waals surface area contributed by atoms with Crippen molar-refractivity contribution in [1.82, 2.24) is 15.3 Å². The Labute approximate surface area is 167 Å². The summed E-state index contributed by atoms with van der Waals surface area (Å²) in [7, 11) is 0. The van der Waals surface area contributed by atoms with Gasteiger partial charge in [0, 0.05) is 29.5 Å². The average Bonchev–Trinajstić information content (AvgIpc) is 3.11. The molecule has 0 radical (unpaired) electrons. The van der Waals surface area contributed by atoms with Crippen molar-refractivity contribution in [2.45, 2.75) is 20.0 Å². The smallest absolute Gasteiger partial charge is 0.346 e. The van der Waals surface area contributed by atoms with Gasteiger partial charge in [-0.15, -0.1) is 0 Å². The van der Waals surface area contributed by atoms with Gasteiger partial charge in [0.25, 0.3) is 0 Å². The molecule has 4 heterocycles. The number of allylic oxidation sites excluding steroid dienone is 5. The number of fused-ring (bicyclic) bond motifs is 1. The van der Waals surface area contributed by atoms with Crippen LogP contribution in [0.1, 0.15) is 19.4 Å². The Morgan fingerprint density at radius 1 is 1.28 bits per heavy atom. The van der Waals surface area contributed by atoms with Gasteiger partial charge >= 0.3 is 5.97 Å². The highest BCUT2D eigenvalue weighted by molar-refractivity contribution is 6.27. The molecule has 4 rings (SSSR count). The molecular weight excluding hydrogens is 370 g/mol. The number of pyridine rings is 1. The maximum absolute atomic E-state index is 13.1. The van der Waals surface area contributed by atoms with E-state index >= 15 is 0 Å². The molecule has 2 N–H and O–H groups in total. The Bertz CT molecular complexity index is 1150. The Kier molecular flexibility index (Phi) is 4.87. The van der Waals surface area contributed by atoms with Crippen LogP contribution in [0.4, 0.5) is 0 Å². The average molecular weight is 389 g/mol. The lowest BCUT2D eigenvalue weighted by molar-refractivity contribution is -0.143. The van der Waals surface area contributed by atoms with E-state index < -0.39 is 11.8 Å². The molecule has 7 heteroatoms. The van der Waals surface area contributed by atoms with Gasteiger partial charge in [0.1, 0.15) is 5.65 Å². The predicted molar refractivity (Wildman–Crippen MR) is 108 cm³/mol. The molecule has 0 aliphatic carbocycles. The quantitative estimate of drug-likeness (QED) is 0.474. The molecular formula is C22H19N3O4. The van der Waals surface area contributed by atoms with Crippen molar-refractivity contribution in [2.24, 2.45) is 0 Å². The number of nitrogens with zero attached hydrogens (tertiary/aromatic N) is 1. The molecule has 2 aromatic rings. The highest BCUT2D eigenvalue weighted by Gasteiger charge is 2.38.